The van der Waals surface area contributed by atoms with E-state index in [1.54, 1.807) is 12.1 Å². The third-order valence-electron chi connectivity index (χ3n) is 5.84. The monoisotopic (exact) mass is 434 g/mol. The highest BCUT2D eigenvalue weighted by atomic mass is 16.6. The van der Waals surface area contributed by atoms with Gasteiger partial charge in [-0.05, 0) is 57.4 Å². The van der Waals surface area contributed by atoms with Gasteiger partial charge in [0, 0.05) is 5.56 Å². The first-order valence-electron chi connectivity index (χ1n) is 10.9. The molecule has 0 heterocycles. The number of ether oxygens (including phenoxy) is 2. The number of esters is 2. The van der Waals surface area contributed by atoms with E-state index in [0.717, 1.165) is 37.9 Å². The molecule has 0 unspecified atom stereocenters. The molecule has 0 aliphatic carbocycles. The number of rotatable bonds is 5. The summed E-state index contributed by atoms with van der Waals surface area (Å²) in [4.78, 5) is 25.3. The Hall–Kier alpha value is -4.18. The van der Waals surface area contributed by atoms with Crippen LogP contribution in [0.4, 0.5) is 0 Å². The normalized spacial score (nSPS) is 12.0. The highest BCUT2D eigenvalue weighted by Crippen LogP contribution is 2.29. The van der Waals surface area contributed by atoms with E-state index in [9.17, 15) is 9.59 Å². The molecule has 4 heteroatoms. The quantitative estimate of drug-likeness (QED) is 0.236. The summed E-state index contributed by atoms with van der Waals surface area (Å²) in [6.45, 7) is 1.63. The molecule has 4 nitrogen and oxygen atoms in total. The zero-order chi connectivity index (χ0) is 22.8. The Kier molecular flexibility index (Phi) is 5.49. The fourth-order valence-corrected chi connectivity index (χ4v) is 4.12. The first-order valence-corrected chi connectivity index (χ1v) is 10.9. The summed E-state index contributed by atoms with van der Waals surface area (Å²) < 4.78 is 11.0. The van der Waals surface area contributed by atoms with Gasteiger partial charge in [-0.2, -0.15) is 0 Å². The van der Waals surface area contributed by atoms with Gasteiger partial charge in [0.15, 0.2) is 6.10 Å². The number of carbonyl (C=O) groups is 2. The van der Waals surface area contributed by atoms with Gasteiger partial charge < -0.3 is 9.47 Å². The first kappa shape index (κ1) is 20.7. The van der Waals surface area contributed by atoms with Gasteiger partial charge in [0.25, 0.3) is 0 Å². The summed E-state index contributed by atoms with van der Waals surface area (Å²) in [5.41, 5.74) is 1.33. The molecule has 5 aromatic carbocycles. The van der Waals surface area contributed by atoms with Crippen molar-refractivity contribution in [3.8, 4) is 0 Å². The standard InChI is InChI=1S/C29H22O4/c1-19(33-29(31)24-15-14-20-8-2-3-9-21(20)16-24)28(30)32-18-27-25-12-6-4-10-22(25)17-23-11-5-7-13-26(23)27/h2-17,19H,18H2,1H3/t19-/m0/s1. The van der Waals surface area contributed by atoms with E-state index >= 15 is 0 Å². The molecule has 1 atom stereocenters. The van der Waals surface area contributed by atoms with Gasteiger partial charge in [0.05, 0.1) is 5.56 Å². The van der Waals surface area contributed by atoms with Crippen molar-refractivity contribution < 1.29 is 19.1 Å². The molecule has 0 fully saturated rings. The summed E-state index contributed by atoms with van der Waals surface area (Å²) >= 11 is 0. The van der Waals surface area contributed by atoms with Gasteiger partial charge in [-0.15, -0.1) is 0 Å². The van der Waals surface area contributed by atoms with Crippen LogP contribution in [0.2, 0.25) is 0 Å². The van der Waals surface area contributed by atoms with E-state index in [1.807, 2.05) is 78.9 Å². The number of fused-ring (bicyclic) bond motifs is 3. The molecular formula is C29H22O4. The lowest BCUT2D eigenvalue weighted by molar-refractivity contribution is -0.154. The fraction of sp³-hybridized carbons (Fsp3) is 0.103. The second kappa shape index (κ2) is 8.75. The smallest absolute Gasteiger partial charge is 0.347 e. The van der Waals surface area contributed by atoms with Gasteiger partial charge >= 0.3 is 11.9 Å². The Balaban J connectivity index is 1.32. The van der Waals surface area contributed by atoms with Crippen molar-refractivity contribution in [2.24, 2.45) is 0 Å². The van der Waals surface area contributed by atoms with E-state index < -0.39 is 18.0 Å². The van der Waals surface area contributed by atoms with Crippen LogP contribution in [-0.2, 0) is 20.9 Å². The van der Waals surface area contributed by atoms with E-state index in [-0.39, 0.29) is 6.61 Å². The minimum Gasteiger partial charge on any atom is -0.458 e. The Bertz CT molecular complexity index is 1450. The SMILES string of the molecule is C[C@H](OC(=O)c1ccc2ccccc2c1)C(=O)OCc1c2ccccc2cc2ccccc12. The lowest BCUT2D eigenvalue weighted by atomic mass is 9.97. The molecule has 0 aliphatic heterocycles. The van der Waals surface area contributed by atoms with Crippen LogP contribution >= 0.6 is 0 Å². The van der Waals surface area contributed by atoms with Crippen LogP contribution in [0.1, 0.15) is 22.8 Å². The van der Waals surface area contributed by atoms with Gasteiger partial charge in [0.2, 0.25) is 0 Å². The highest BCUT2D eigenvalue weighted by molar-refractivity contribution is 6.02. The third-order valence-corrected chi connectivity index (χ3v) is 5.84. The van der Waals surface area contributed by atoms with Gasteiger partial charge in [0.1, 0.15) is 6.61 Å². The molecule has 0 N–H and O–H groups in total. The van der Waals surface area contributed by atoms with Crippen LogP contribution in [0, 0.1) is 0 Å². The van der Waals surface area contributed by atoms with Crippen LogP contribution in [-0.4, -0.2) is 18.0 Å². The summed E-state index contributed by atoms with van der Waals surface area (Å²) in [6, 6.07) is 31.2. The van der Waals surface area contributed by atoms with Crippen molar-refractivity contribution in [2.45, 2.75) is 19.6 Å². The Morgan fingerprint density at radius 2 is 1.27 bits per heavy atom. The molecule has 0 aromatic heterocycles. The molecule has 0 saturated carbocycles. The topological polar surface area (TPSA) is 52.6 Å². The number of hydrogen-bond acceptors (Lipinski definition) is 4. The average Bonchev–Trinajstić information content (AvgIpc) is 2.85. The maximum atomic E-state index is 12.7. The maximum Gasteiger partial charge on any atom is 0.347 e. The predicted molar refractivity (Wildman–Crippen MR) is 130 cm³/mol. The molecular weight excluding hydrogens is 412 g/mol. The molecule has 5 rings (SSSR count). The third kappa shape index (κ3) is 4.15. The number of benzene rings is 5. The van der Waals surface area contributed by atoms with Gasteiger partial charge in [-0.1, -0.05) is 78.9 Å². The minimum atomic E-state index is -1.02. The minimum absolute atomic E-state index is 0.0958. The van der Waals surface area contributed by atoms with Crippen molar-refractivity contribution in [1.29, 1.82) is 0 Å². The molecule has 0 amide bonds. The molecule has 5 aromatic rings. The largest absolute Gasteiger partial charge is 0.458 e. The van der Waals surface area contributed by atoms with Crippen LogP contribution < -0.4 is 0 Å². The van der Waals surface area contributed by atoms with E-state index in [4.69, 9.17) is 9.47 Å². The van der Waals surface area contributed by atoms with Crippen molar-refractivity contribution >= 4 is 44.3 Å². The van der Waals surface area contributed by atoms with Crippen molar-refractivity contribution in [2.75, 3.05) is 0 Å². The molecule has 0 aliphatic rings. The zero-order valence-corrected chi connectivity index (χ0v) is 18.2. The molecule has 0 bridgehead atoms. The van der Waals surface area contributed by atoms with Crippen LogP contribution in [0.15, 0.2) is 97.1 Å². The molecule has 33 heavy (non-hydrogen) atoms. The van der Waals surface area contributed by atoms with E-state index in [0.29, 0.717) is 5.56 Å². The Morgan fingerprint density at radius 1 is 0.697 bits per heavy atom. The van der Waals surface area contributed by atoms with Crippen LogP contribution in [0.5, 0.6) is 0 Å². The van der Waals surface area contributed by atoms with Gasteiger partial charge in [-0.3, -0.25) is 0 Å². The lowest BCUT2D eigenvalue weighted by Gasteiger charge is -2.15. The first-order chi connectivity index (χ1) is 16.1. The van der Waals surface area contributed by atoms with Crippen LogP contribution in [0.25, 0.3) is 32.3 Å². The van der Waals surface area contributed by atoms with E-state index in [1.165, 1.54) is 6.92 Å². The second-order valence-corrected chi connectivity index (χ2v) is 8.01. The van der Waals surface area contributed by atoms with Crippen molar-refractivity contribution in [3.05, 3.63) is 108 Å². The predicted octanol–water partition coefficient (Wildman–Crippen LogP) is 6.43. The number of hydrogen-bond donors (Lipinski definition) is 0. The van der Waals surface area contributed by atoms with Crippen molar-refractivity contribution in [3.63, 3.8) is 0 Å². The summed E-state index contributed by atoms with van der Waals surface area (Å²) in [7, 11) is 0. The molecule has 0 saturated heterocycles. The Labute approximate surface area is 191 Å². The lowest BCUT2D eigenvalue weighted by Crippen LogP contribution is -2.26. The molecule has 162 valence electrons. The second-order valence-electron chi connectivity index (χ2n) is 8.01. The summed E-state index contributed by atoms with van der Waals surface area (Å²) in [5, 5.41) is 6.19. The molecule has 0 spiro atoms. The van der Waals surface area contributed by atoms with E-state index in [2.05, 4.69) is 6.07 Å². The average molecular weight is 434 g/mol. The van der Waals surface area contributed by atoms with Gasteiger partial charge in [-0.25, -0.2) is 9.59 Å². The zero-order valence-electron chi connectivity index (χ0n) is 18.2. The van der Waals surface area contributed by atoms with Crippen LogP contribution in [0.3, 0.4) is 0 Å². The summed E-state index contributed by atoms with van der Waals surface area (Å²) in [6.07, 6.45) is -1.02. The number of carbonyl (C=O) groups excluding carboxylic acids is 2. The fourth-order valence-electron chi connectivity index (χ4n) is 4.12. The summed E-state index contributed by atoms with van der Waals surface area (Å²) in [5.74, 6) is -1.14. The molecule has 0 radical (unpaired) electrons. The van der Waals surface area contributed by atoms with Crippen molar-refractivity contribution in [1.82, 2.24) is 0 Å². The Morgan fingerprint density at radius 3 is 1.94 bits per heavy atom. The maximum absolute atomic E-state index is 12.7. The highest BCUT2D eigenvalue weighted by Gasteiger charge is 2.21.